The Kier molecular flexibility index (Phi) is 5.92. The number of anilines is 1. The molecule has 0 aromatic heterocycles. The molecule has 1 amide bonds. The van der Waals surface area contributed by atoms with Crippen molar-refractivity contribution in [3.63, 3.8) is 0 Å². The first-order valence-corrected chi connectivity index (χ1v) is 7.46. The summed E-state index contributed by atoms with van der Waals surface area (Å²) < 4.78 is 0.641. The van der Waals surface area contributed by atoms with Crippen molar-refractivity contribution in [1.82, 2.24) is 0 Å². The highest BCUT2D eigenvalue weighted by Gasteiger charge is 2.19. The molecule has 0 saturated carbocycles. The minimum absolute atomic E-state index is 0.0436. The van der Waals surface area contributed by atoms with Crippen molar-refractivity contribution in [2.24, 2.45) is 11.1 Å². The van der Waals surface area contributed by atoms with Gasteiger partial charge in [0.25, 0.3) is 0 Å². The summed E-state index contributed by atoms with van der Waals surface area (Å²) in [4.78, 5) is 23.1. The van der Waals surface area contributed by atoms with Gasteiger partial charge in [0.1, 0.15) is 0 Å². The van der Waals surface area contributed by atoms with Gasteiger partial charge in [-0.05, 0) is 30.0 Å². The van der Waals surface area contributed by atoms with Gasteiger partial charge in [-0.2, -0.15) is 0 Å². The fourth-order valence-electron chi connectivity index (χ4n) is 2.10. The minimum atomic E-state index is -1.09. The zero-order valence-electron chi connectivity index (χ0n) is 12.4. The predicted octanol–water partition coefficient (Wildman–Crippen LogP) is 3.24. The molecule has 0 aliphatic heterocycles. The summed E-state index contributed by atoms with van der Waals surface area (Å²) >= 11 is 3.21. The second-order valence-electron chi connectivity index (χ2n) is 6.27. The monoisotopic (exact) mass is 356 g/mol. The van der Waals surface area contributed by atoms with E-state index in [4.69, 9.17) is 10.8 Å². The standard InChI is InChI=1S/C15H21BrN2O3/c1-15(2,3)8-10(17)7-13(19)18-12-5-4-9(16)6-11(12)14(20)21/h4-6,10H,7-8,17H2,1-3H3,(H,18,19)(H,20,21). The summed E-state index contributed by atoms with van der Waals surface area (Å²) in [6.07, 6.45) is 0.874. The van der Waals surface area contributed by atoms with E-state index >= 15 is 0 Å². The molecule has 1 aromatic carbocycles. The molecule has 4 N–H and O–H groups in total. The molecule has 0 fully saturated rings. The lowest BCUT2D eigenvalue weighted by Gasteiger charge is -2.22. The van der Waals surface area contributed by atoms with E-state index in [1.807, 2.05) is 0 Å². The van der Waals surface area contributed by atoms with Gasteiger partial charge in [-0.3, -0.25) is 4.79 Å². The second kappa shape index (κ2) is 7.04. The van der Waals surface area contributed by atoms with Crippen LogP contribution in [-0.4, -0.2) is 23.0 Å². The van der Waals surface area contributed by atoms with Crippen molar-refractivity contribution in [2.45, 2.75) is 39.7 Å². The van der Waals surface area contributed by atoms with Gasteiger partial charge in [0.05, 0.1) is 11.3 Å². The molecule has 1 atom stereocenters. The highest BCUT2D eigenvalue weighted by molar-refractivity contribution is 9.10. The zero-order valence-corrected chi connectivity index (χ0v) is 14.0. The molecule has 116 valence electrons. The zero-order chi connectivity index (χ0) is 16.2. The molecule has 0 spiro atoms. The van der Waals surface area contributed by atoms with Crippen LogP contribution in [0.2, 0.25) is 0 Å². The van der Waals surface area contributed by atoms with E-state index in [9.17, 15) is 9.59 Å². The van der Waals surface area contributed by atoms with Crippen LogP contribution >= 0.6 is 15.9 Å². The predicted molar refractivity (Wildman–Crippen MR) is 86.4 cm³/mol. The van der Waals surface area contributed by atoms with E-state index in [1.165, 1.54) is 6.07 Å². The Morgan fingerprint density at radius 3 is 2.52 bits per heavy atom. The van der Waals surface area contributed by atoms with Crippen LogP contribution in [0.4, 0.5) is 5.69 Å². The van der Waals surface area contributed by atoms with Crippen LogP contribution in [0.1, 0.15) is 44.0 Å². The number of halogens is 1. The average molecular weight is 357 g/mol. The molecule has 1 unspecified atom stereocenters. The molecule has 1 aromatic rings. The van der Waals surface area contributed by atoms with Crippen molar-refractivity contribution in [3.05, 3.63) is 28.2 Å². The number of rotatable bonds is 5. The van der Waals surface area contributed by atoms with Gasteiger partial charge in [0.15, 0.2) is 0 Å². The van der Waals surface area contributed by atoms with E-state index in [-0.39, 0.29) is 35.0 Å². The van der Waals surface area contributed by atoms with Crippen molar-refractivity contribution in [3.8, 4) is 0 Å². The molecule has 0 radical (unpaired) electrons. The Morgan fingerprint density at radius 2 is 2.00 bits per heavy atom. The molecule has 0 aliphatic carbocycles. The van der Waals surface area contributed by atoms with E-state index < -0.39 is 5.97 Å². The van der Waals surface area contributed by atoms with Gasteiger partial charge in [-0.15, -0.1) is 0 Å². The quantitative estimate of drug-likeness (QED) is 0.754. The van der Waals surface area contributed by atoms with Gasteiger partial charge < -0.3 is 16.2 Å². The Morgan fingerprint density at radius 1 is 1.38 bits per heavy atom. The number of amides is 1. The van der Waals surface area contributed by atoms with Crippen LogP contribution in [-0.2, 0) is 4.79 Å². The fraction of sp³-hybridized carbons (Fsp3) is 0.467. The SMILES string of the molecule is CC(C)(C)CC(N)CC(=O)Nc1ccc(Br)cc1C(=O)O. The topological polar surface area (TPSA) is 92.4 Å². The number of hydrogen-bond acceptors (Lipinski definition) is 3. The summed E-state index contributed by atoms with van der Waals surface area (Å²) in [5, 5.41) is 11.8. The maximum absolute atomic E-state index is 12.0. The van der Waals surface area contributed by atoms with Crippen molar-refractivity contribution in [1.29, 1.82) is 0 Å². The third-order valence-corrected chi connectivity index (χ3v) is 3.30. The molecule has 5 nitrogen and oxygen atoms in total. The Bertz CT molecular complexity index is 538. The molecule has 6 heteroatoms. The first kappa shape index (κ1) is 17.7. The maximum Gasteiger partial charge on any atom is 0.337 e. The number of hydrogen-bond donors (Lipinski definition) is 3. The van der Waals surface area contributed by atoms with E-state index in [0.29, 0.717) is 10.9 Å². The average Bonchev–Trinajstić information content (AvgIpc) is 2.28. The molecular formula is C15H21BrN2O3. The van der Waals surface area contributed by atoms with Crippen molar-refractivity contribution in [2.75, 3.05) is 5.32 Å². The van der Waals surface area contributed by atoms with Gasteiger partial charge in [0.2, 0.25) is 5.91 Å². The molecule has 21 heavy (non-hydrogen) atoms. The Labute approximate surface area is 133 Å². The summed E-state index contributed by atoms with van der Waals surface area (Å²) in [5.41, 5.74) is 6.32. The lowest BCUT2D eigenvalue weighted by atomic mass is 9.87. The van der Waals surface area contributed by atoms with E-state index in [2.05, 4.69) is 42.0 Å². The molecule has 1 rings (SSSR count). The van der Waals surface area contributed by atoms with Crippen LogP contribution in [0.5, 0.6) is 0 Å². The molecular weight excluding hydrogens is 336 g/mol. The van der Waals surface area contributed by atoms with E-state index in [1.54, 1.807) is 12.1 Å². The third kappa shape index (κ3) is 6.27. The van der Waals surface area contributed by atoms with Gasteiger partial charge >= 0.3 is 5.97 Å². The number of carbonyl (C=O) groups excluding carboxylic acids is 1. The molecule has 0 saturated heterocycles. The number of carbonyl (C=O) groups is 2. The van der Waals surface area contributed by atoms with E-state index in [0.717, 1.165) is 0 Å². The van der Waals surface area contributed by atoms with Gasteiger partial charge in [-0.1, -0.05) is 36.7 Å². The van der Waals surface area contributed by atoms with Crippen LogP contribution in [0.15, 0.2) is 22.7 Å². The highest BCUT2D eigenvalue weighted by Crippen LogP contribution is 2.23. The normalized spacial score (nSPS) is 12.8. The highest BCUT2D eigenvalue weighted by atomic mass is 79.9. The number of benzene rings is 1. The van der Waals surface area contributed by atoms with Crippen molar-refractivity contribution >= 4 is 33.5 Å². The van der Waals surface area contributed by atoms with Gasteiger partial charge in [0, 0.05) is 16.9 Å². The fourth-order valence-corrected chi connectivity index (χ4v) is 2.46. The lowest BCUT2D eigenvalue weighted by molar-refractivity contribution is -0.116. The first-order valence-electron chi connectivity index (χ1n) is 6.67. The van der Waals surface area contributed by atoms with Crippen LogP contribution in [0.25, 0.3) is 0 Å². The molecule has 0 heterocycles. The minimum Gasteiger partial charge on any atom is -0.478 e. The van der Waals surface area contributed by atoms with Crippen LogP contribution in [0, 0.1) is 5.41 Å². The lowest BCUT2D eigenvalue weighted by Crippen LogP contribution is -2.31. The molecule has 0 bridgehead atoms. The first-order chi connectivity index (χ1) is 9.58. The summed E-state index contributed by atoms with van der Waals surface area (Å²) in [6.45, 7) is 6.17. The molecule has 0 aliphatic rings. The largest absolute Gasteiger partial charge is 0.478 e. The smallest absolute Gasteiger partial charge is 0.337 e. The van der Waals surface area contributed by atoms with Crippen LogP contribution in [0.3, 0.4) is 0 Å². The summed E-state index contributed by atoms with van der Waals surface area (Å²) in [5.74, 6) is -1.37. The number of aromatic carboxylic acids is 1. The summed E-state index contributed by atoms with van der Waals surface area (Å²) in [6, 6.07) is 4.43. The number of nitrogens with one attached hydrogen (secondary N) is 1. The van der Waals surface area contributed by atoms with Crippen LogP contribution < -0.4 is 11.1 Å². The Balaban J connectivity index is 2.73. The maximum atomic E-state index is 12.0. The third-order valence-electron chi connectivity index (χ3n) is 2.81. The Hall–Kier alpha value is -1.40. The number of carboxylic acids is 1. The number of carboxylic acid groups (broad SMARTS) is 1. The van der Waals surface area contributed by atoms with Gasteiger partial charge in [-0.25, -0.2) is 4.79 Å². The van der Waals surface area contributed by atoms with Crippen molar-refractivity contribution < 1.29 is 14.7 Å². The second-order valence-corrected chi connectivity index (χ2v) is 7.19. The number of nitrogens with two attached hydrogens (primary N) is 1. The summed E-state index contributed by atoms with van der Waals surface area (Å²) in [7, 11) is 0.